The summed E-state index contributed by atoms with van der Waals surface area (Å²) in [5, 5.41) is 124. The quantitative estimate of drug-likeness (QED) is 0.0279. The Kier molecular flexibility index (Phi) is 20.9. The summed E-state index contributed by atoms with van der Waals surface area (Å²) in [5.41, 5.74) is -17.6. The fourth-order valence-corrected chi connectivity index (χ4v) is 15.8. The van der Waals surface area contributed by atoms with Gasteiger partial charge < -0.3 is 85.5 Å². The molecular weight excluding hydrogens is 1450 g/mol. The van der Waals surface area contributed by atoms with Crippen LogP contribution in [0.25, 0.3) is 90.9 Å². The highest BCUT2D eigenvalue weighted by atomic mass is 32.2. The molecule has 5 aliphatic heterocycles. The van der Waals surface area contributed by atoms with Gasteiger partial charge in [0.05, 0.1) is 74.0 Å². The summed E-state index contributed by atoms with van der Waals surface area (Å²) in [4.78, 5) is 9.99. The molecular formula is C68H54F12N5O15S3+. The smallest absolute Gasteiger partial charge is 0.176 e. The molecule has 8 bridgehead atoms. The van der Waals surface area contributed by atoms with Gasteiger partial charge in [0.2, 0.25) is 0 Å². The molecule has 35 heteroatoms. The van der Waals surface area contributed by atoms with Gasteiger partial charge in [-0.3, -0.25) is 0 Å². The number of hydrogen-bond donors (Lipinski definition) is 14. The highest BCUT2D eigenvalue weighted by Gasteiger charge is 2.49. The molecule has 3 fully saturated rings. The first-order chi connectivity index (χ1) is 49.2. The predicted octanol–water partition coefficient (Wildman–Crippen LogP) is 7.00. The number of hydrogen-bond acceptors (Lipinski definition) is 20. The summed E-state index contributed by atoms with van der Waals surface area (Å²) in [6.45, 7) is -2.81. The summed E-state index contributed by atoms with van der Waals surface area (Å²) >= 11 is -0.675. The first-order valence-electron chi connectivity index (χ1n) is 30.9. The SMILES string of the molecule is OC[C@H]1O[C@@H](Sc2c(F)c(F)c(-c3c4nc(c(-c5c(F)c(F)c(S[C@@H]6O[C@H](CO)[C@@H](O)[C@H](O)[C@H]6O)c(F)c5F)c5ccc([nH]5)c(-c5c(F)c(F)c(S[C@@H]6O[C@H](CO)[C@@H](O)[C@H](O)[C@H]6O)c(F)c5F)c5nc(c(-c6cc[n+](Cc7ccccc7)cc6)c6ccc3[nH]6)C=C5)C=C4)c(F)c2F)[C@H](O)[C@@H](O)[C@@H]1O. The van der Waals surface area contributed by atoms with Gasteiger partial charge >= 0.3 is 0 Å². The lowest BCUT2D eigenvalue weighted by Crippen LogP contribution is -2.57. The maximum Gasteiger partial charge on any atom is 0.176 e. The van der Waals surface area contributed by atoms with E-state index in [9.17, 15) is 61.3 Å². The molecule has 0 saturated carbocycles. The molecule has 0 spiro atoms. The van der Waals surface area contributed by atoms with Crippen LogP contribution in [0, 0.1) is 69.8 Å². The molecule has 0 unspecified atom stereocenters. The van der Waals surface area contributed by atoms with Gasteiger partial charge in [0.25, 0.3) is 0 Å². The average Bonchev–Trinajstić information content (AvgIpc) is 1.70. The summed E-state index contributed by atoms with van der Waals surface area (Å²) < 4.78 is 225. The van der Waals surface area contributed by atoms with Gasteiger partial charge in [-0.05, 0) is 54.1 Å². The van der Waals surface area contributed by atoms with E-state index in [0.29, 0.717) is 6.54 Å². The van der Waals surface area contributed by atoms with Gasteiger partial charge in [-0.25, -0.2) is 67.2 Å². The van der Waals surface area contributed by atoms with Gasteiger partial charge in [0.15, 0.2) is 88.7 Å². The van der Waals surface area contributed by atoms with Crippen molar-refractivity contribution < 1.29 is 133 Å². The predicted molar refractivity (Wildman–Crippen MR) is 345 cm³/mol. The monoisotopic (exact) mass is 1500 g/mol. The second-order valence-electron chi connectivity index (χ2n) is 24.1. The molecule has 15 atom stereocenters. The number of aliphatic hydroxyl groups excluding tert-OH is 12. The van der Waals surface area contributed by atoms with Gasteiger partial charge in [-0.1, -0.05) is 65.6 Å². The minimum atomic E-state index is -2.34. The number of rotatable bonds is 15. The lowest BCUT2D eigenvalue weighted by Gasteiger charge is -2.39. The number of halogens is 12. The Morgan fingerprint density at radius 3 is 0.913 bits per heavy atom. The van der Waals surface area contributed by atoms with Crippen LogP contribution in [0.15, 0.2) is 93.8 Å². The molecule has 0 aliphatic carbocycles. The molecule has 14 N–H and O–H groups in total. The fourth-order valence-electron chi connectivity index (χ4n) is 12.5. The molecule has 3 saturated heterocycles. The van der Waals surface area contributed by atoms with Crippen molar-refractivity contribution in [2.45, 2.75) is 111 Å². The van der Waals surface area contributed by atoms with Crippen molar-refractivity contribution in [1.82, 2.24) is 19.9 Å². The van der Waals surface area contributed by atoms with E-state index in [1.165, 1.54) is 12.1 Å². The van der Waals surface area contributed by atoms with E-state index in [4.69, 9.17) is 19.2 Å². The van der Waals surface area contributed by atoms with Crippen LogP contribution in [0.4, 0.5) is 52.7 Å². The topological polar surface area (TPSA) is 332 Å². The summed E-state index contributed by atoms with van der Waals surface area (Å²) in [5.74, 6) is -26.8. The molecule has 542 valence electrons. The van der Waals surface area contributed by atoms with Gasteiger partial charge in [0.1, 0.15) is 89.6 Å². The molecule has 9 heterocycles. The molecule has 13 rings (SSSR count). The summed E-state index contributed by atoms with van der Waals surface area (Å²) in [6, 6.07) is 16.2. The number of nitrogens with zero attached hydrogens (tertiary/aromatic N) is 3. The standard InChI is InChI=1S/C68H53F12N5O15S3/c69-42-39(43(70)49(76)63(48(42)75)101-66-60(95)57(92)54(89)32(19-86)98-66)36-26-8-6-24(81-26)35(23-14-16-85(17-15-23)18-22-4-2-1-3-5-22)25-7-9-27(82-25)37(40-44(71)50(77)64(51(78)45(40)72)102-67-61(96)58(93)55(90)33(20-87)99-67)29-11-13-31(84-29)38(30-12-10-28(36)83-30)41-46(73)52(79)65(53(80)47(41)74)103-68-62(97)59(94)56(91)34(21-88)100-68/h1-17,32-34,54-62,66-68,86-97H,18-21H2,(H,81,82,83,84)/p+1/t32-,33-,34-,54-,55-,56-,57+,58+,59+,60-,61-,62-,66+,67+,68+/m1/s1. The van der Waals surface area contributed by atoms with Gasteiger partial charge in [-0.15, -0.1) is 0 Å². The number of benzene rings is 4. The van der Waals surface area contributed by atoms with E-state index < -0.39 is 261 Å². The highest BCUT2D eigenvalue weighted by Crippen LogP contribution is 2.49. The zero-order chi connectivity index (χ0) is 73.6. The number of aromatic amines is 2. The summed E-state index contributed by atoms with van der Waals surface area (Å²) in [7, 11) is 0. The lowest BCUT2D eigenvalue weighted by molar-refractivity contribution is -0.688. The molecule has 103 heavy (non-hydrogen) atoms. The minimum Gasteiger partial charge on any atom is -0.394 e. The number of aromatic nitrogens is 5. The molecule has 20 nitrogen and oxygen atoms in total. The van der Waals surface area contributed by atoms with Crippen molar-refractivity contribution >= 4 is 81.7 Å². The number of fused-ring (bicyclic) bond motifs is 8. The normalized spacial score (nSPS) is 25.7. The highest BCUT2D eigenvalue weighted by molar-refractivity contribution is 8.00. The van der Waals surface area contributed by atoms with Crippen LogP contribution >= 0.6 is 35.3 Å². The van der Waals surface area contributed by atoms with E-state index >= 15 is 52.7 Å². The number of thioether (sulfide) groups is 3. The van der Waals surface area contributed by atoms with Crippen LogP contribution in [0.3, 0.4) is 0 Å². The van der Waals surface area contributed by atoms with E-state index in [-0.39, 0.29) is 57.6 Å². The Balaban J connectivity index is 1.10. The van der Waals surface area contributed by atoms with Gasteiger partial charge in [-0.2, -0.15) is 0 Å². The first-order valence-corrected chi connectivity index (χ1v) is 33.5. The second-order valence-corrected chi connectivity index (χ2v) is 27.4. The number of H-pyrrole nitrogens is 2. The van der Waals surface area contributed by atoms with E-state index in [2.05, 4.69) is 15.0 Å². The fraction of sp³-hybridized carbons (Fsp3) is 0.279. The van der Waals surface area contributed by atoms with E-state index in [1.807, 2.05) is 12.1 Å². The van der Waals surface area contributed by atoms with Crippen molar-refractivity contribution in [3.8, 4) is 44.5 Å². The number of nitrogens with one attached hydrogen (secondary N) is 2. The molecule has 8 aromatic rings. The van der Waals surface area contributed by atoms with Crippen LogP contribution in [-0.2, 0) is 20.8 Å². The Labute approximate surface area is 584 Å². The lowest BCUT2D eigenvalue weighted by atomic mass is 10.0. The third-order valence-electron chi connectivity index (χ3n) is 17.8. The van der Waals surface area contributed by atoms with Crippen molar-refractivity contribution in [2.75, 3.05) is 19.8 Å². The molecule has 4 aromatic heterocycles. The Morgan fingerprint density at radius 1 is 0.340 bits per heavy atom. The first kappa shape index (κ1) is 73.5. The van der Waals surface area contributed by atoms with Crippen LogP contribution in [0.2, 0.25) is 0 Å². The maximum atomic E-state index is 17.5. The number of ether oxygens (including phenoxy) is 3. The third kappa shape index (κ3) is 13.0. The molecule has 4 aromatic carbocycles. The van der Waals surface area contributed by atoms with Crippen molar-refractivity contribution in [1.29, 1.82) is 0 Å². The third-order valence-corrected chi connectivity index (χ3v) is 21.5. The van der Waals surface area contributed by atoms with Crippen LogP contribution < -0.4 is 4.57 Å². The Hall–Kier alpha value is -7.76. The molecule has 5 aliphatic rings. The van der Waals surface area contributed by atoms with Crippen LogP contribution in [0.5, 0.6) is 0 Å². The molecule has 0 radical (unpaired) electrons. The number of aliphatic hydroxyl groups is 12. The average molecular weight is 1510 g/mol. The van der Waals surface area contributed by atoms with Crippen molar-refractivity contribution in [3.05, 3.63) is 177 Å². The Morgan fingerprint density at radius 2 is 0.621 bits per heavy atom. The van der Waals surface area contributed by atoms with Crippen molar-refractivity contribution in [2.24, 2.45) is 0 Å². The maximum absolute atomic E-state index is 17.5. The summed E-state index contributed by atoms with van der Waals surface area (Å²) in [6.07, 6.45) is -17.0. The van der Waals surface area contributed by atoms with Crippen molar-refractivity contribution in [3.63, 3.8) is 0 Å². The zero-order valence-electron chi connectivity index (χ0n) is 52.0. The zero-order valence-corrected chi connectivity index (χ0v) is 54.4. The second kappa shape index (κ2) is 29.3. The largest absolute Gasteiger partial charge is 0.394 e. The minimum absolute atomic E-state index is 0.00794. The van der Waals surface area contributed by atoms with Gasteiger partial charge in [0, 0.05) is 62.0 Å². The van der Waals surface area contributed by atoms with E-state index in [0.717, 1.165) is 42.0 Å². The van der Waals surface area contributed by atoms with E-state index in [1.54, 1.807) is 47.3 Å². The van der Waals surface area contributed by atoms with Crippen LogP contribution in [0.1, 0.15) is 28.3 Å². The van der Waals surface area contributed by atoms with Crippen LogP contribution in [-0.4, -0.2) is 191 Å². The molecule has 0 amide bonds. The Bertz CT molecular complexity index is 4720. The number of pyridine rings is 1.